The number of aliphatic hydroxyl groups excluding tert-OH is 1. The molecule has 2 atom stereocenters. The fourth-order valence-corrected chi connectivity index (χ4v) is 4.76. The van der Waals surface area contributed by atoms with Gasteiger partial charge in [-0.25, -0.2) is 9.78 Å². The van der Waals surface area contributed by atoms with Crippen molar-refractivity contribution < 1.29 is 28.3 Å². The topological polar surface area (TPSA) is 102 Å². The lowest BCUT2D eigenvalue weighted by atomic mass is 10.2. The lowest BCUT2D eigenvalue weighted by Gasteiger charge is -2.36. The molecule has 0 bridgehead atoms. The number of ether oxygens (including phenoxy) is 1. The SMILES string of the molecule is CC(C)(C)[Si](C)(C)OCCC(O)Cc1nc(C(=O)N2CCC[C@@H]2C(=O)OCc2ccccc2)co1. The first kappa shape index (κ1) is 27.1. The van der Waals surface area contributed by atoms with Crippen molar-refractivity contribution in [2.75, 3.05) is 13.2 Å². The van der Waals surface area contributed by atoms with Gasteiger partial charge in [0, 0.05) is 13.2 Å². The number of rotatable bonds is 10. The summed E-state index contributed by atoms with van der Waals surface area (Å²) >= 11 is 0. The fraction of sp³-hybridized carbons (Fsp3) is 0.577. The second kappa shape index (κ2) is 11.5. The van der Waals surface area contributed by atoms with E-state index in [2.05, 4.69) is 38.8 Å². The Kier molecular flexibility index (Phi) is 8.90. The number of likely N-dealkylation sites (tertiary alicyclic amines) is 1. The fourth-order valence-electron chi connectivity index (χ4n) is 3.70. The zero-order valence-corrected chi connectivity index (χ0v) is 22.5. The third-order valence-electron chi connectivity index (χ3n) is 6.91. The number of benzene rings is 1. The molecule has 1 amide bonds. The molecule has 1 aliphatic heterocycles. The molecule has 1 fully saturated rings. The van der Waals surface area contributed by atoms with Crippen LogP contribution in [0.5, 0.6) is 0 Å². The molecule has 0 radical (unpaired) electrons. The summed E-state index contributed by atoms with van der Waals surface area (Å²) in [5.74, 6) is -0.494. The van der Waals surface area contributed by atoms with Gasteiger partial charge in [-0.1, -0.05) is 51.1 Å². The van der Waals surface area contributed by atoms with E-state index in [1.54, 1.807) is 0 Å². The summed E-state index contributed by atoms with van der Waals surface area (Å²) in [5.41, 5.74) is 1.03. The maximum absolute atomic E-state index is 13.0. The second-order valence-electron chi connectivity index (χ2n) is 10.6. The molecule has 35 heavy (non-hydrogen) atoms. The number of hydrogen-bond donors (Lipinski definition) is 1. The van der Waals surface area contributed by atoms with E-state index < -0.39 is 26.4 Å². The number of oxazole rings is 1. The first-order chi connectivity index (χ1) is 16.5. The van der Waals surface area contributed by atoms with Crippen LogP contribution in [0.4, 0.5) is 0 Å². The molecule has 192 valence electrons. The van der Waals surface area contributed by atoms with Crippen molar-refractivity contribution in [3.8, 4) is 0 Å². The smallest absolute Gasteiger partial charge is 0.329 e. The molecule has 1 saturated heterocycles. The normalized spacial score (nSPS) is 17.4. The summed E-state index contributed by atoms with van der Waals surface area (Å²) in [6, 6.07) is 8.80. The second-order valence-corrected chi connectivity index (χ2v) is 15.4. The Hall–Kier alpha value is -2.49. The lowest BCUT2D eigenvalue weighted by molar-refractivity contribution is -0.149. The van der Waals surface area contributed by atoms with Crippen LogP contribution in [0.3, 0.4) is 0 Å². The Bertz CT molecular complexity index is 985. The molecule has 2 heterocycles. The molecular formula is C26H38N2O6Si. The molecule has 1 aliphatic rings. The van der Waals surface area contributed by atoms with Gasteiger partial charge < -0.3 is 23.6 Å². The summed E-state index contributed by atoms with van der Waals surface area (Å²) in [7, 11) is -1.87. The van der Waals surface area contributed by atoms with E-state index >= 15 is 0 Å². The third-order valence-corrected chi connectivity index (χ3v) is 11.4. The summed E-state index contributed by atoms with van der Waals surface area (Å²) in [4.78, 5) is 31.5. The molecule has 1 N–H and O–H groups in total. The minimum Gasteiger partial charge on any atom is -0.459 e. The number of amides is 1. The highest BCUT2D eigenvalue weighted by Crippen LogP contribution is 2.36. The van der Waals surface area contributed by atoms with Gasteiger partial charge in [0.05, 0.1) is 12.5 Å². The molecule has 3 rings (SSSR count). The molecule has 1 unspecified atom stereocenters. The van der Waals surface area contributed by atoms with Crippen LogP contribution in [0.2, 0.25) is 18.1 Å². The van der Waals surface area contributed by atoms with Crippen molar-refractivity contribution in [3.05, 3.63) is 53.7 Å². The highest BCUT2D eigenvalue weighted by Gasteiger charge is 2.38. The first-order valence-corrected chi connectivity index (χ1v) is 15.2. The van der Waals surface area contributed by atoms with Crippen LogP contribution >= 0.6 is 0 Å². The largest absolute Gasteiger partial charge is 0.459 e. The maximum Gasteiger partial charge on any atom is 0.329 e. The first-order valence-electron chi connectivity index (χ1n) is 12.3. The predicted octanol–water partition coefficient (Wildman–Crippen LogP) is 4.34. The number of hydrogen-bond acceptors (Lipinski definition) is 7. The third kappa shape index (κ3) is 7.25. The van der Waals surface area contributed by atoms with Gasteiger partial charge in [-0.2, -0.15) is 0 Å². The van der Waals surface area contributed by atoms with Gasteiger partial charge in [0.15, 0.2) is 19.9 Å². The highest BCUT2D eigenvalue weighted by atomic mass is 28.4. The Balaban J connectivity index is 1.50. The van der Waals surface area contributed by atoms with Crippen molar-refractivity contribution >= 4 is 20.2 Å². The van der Waals surface area contributed by atoms with Crippen molar-refractivity contribution in [2.45, 2.75) is 83.3 Å². The molecule has 0 spiro atoms. The number of carbonyl (C=O) groups is 2. The molecule has 1 aromatic carbocycles. The number of aromatic nitrogens is 1. The summed E-state index contributed by atoms with van der Waals surface area (Å²) in [5, 5.41) is 10.5. The zero-order chi connectivity index (χ0) is 25.6. The monoisotopic (exact) mass is 502 g/mol. The predicted molar refractivity (Wildman–Crippen MR) is 134 cm³/mol. The average Bonchev–Trinajstić information content (AvgIpc) is 3.47. The van der Waals surface area contributed by atoms with Gasteiger partial charge in [0.2, 0.25) is 0 Å². The minimum absolute atomic E-state index is 0.108. The summed E-state index contributed by atoms with van der Waals surface area (Å²) < 4.78 is 17.0. The van der Waals surface area contributed by atoms with E-state index in [4.69, 9.17) is 13.6 Å². The van der Waals surface area contributed by atoms with Crippen molar-refractivity contribution in [1.82, 2.24) is 9.88 Å². The van der Waals surface area contributed by atoms with Crippen LogP contribution in [0, 0.1) is 0 Å². The molecule has 0 aliphatic carbocycles. The van der Waals surface area contributed by atoms with Crippen LogP contribution in [-0.4, -0.2) is 60.5 Å². The van der Waals surface area contributed by atoms with Crippen LogP contribution in [0.25, 0.3) is 0 Å². The number of carbonyl (C=O) groups excluding carboxylic acids is 2. The molecule has 9 heteroatoms. The van der Waals surface area contributed by atoms with E-state index in [1.165, 1.54) is 11.2 Å². The van der Waals surface area contributed by atoms with Crippen molar-refractivity contribution in [1.29, 1.82) is 0 Å². The van der Waals surface area contributed by atoms with E-state index in [1.807, 2.05) is 30.3 Å². The van der Waals surface area contributed by atoms with Gasteiger partial charge >= 0.3 is 5.97 Å². The van der Waals surface area contributed by atoms with Gasteiger partial charge in [-0.15, -0.1) is 0 Å². The van der Waals surface area contributed by atoms with Crippen molar-refractivity contribution in [2.24, 2.45) is 0 Å². The Morgan fingerprint density at radius 2 is 1.97 bits per heavy atom. The average molecular weight is 503 g/mol. The molecule has 0 saturated carbocycles. The van der Waals surface area contributed by atoms with E-state index in [-0.39, 0.29) is 35.6 Å². The van der Waals surface area contributed by atoms with Crippen LogP contribution < -0.4 is 0 Å². The minimum atomic E-state index is -1.87. The van der Waals surface area contributed by atoms with Crippen LogP contribution in [-0.2, 0) is 27.0 Å². The van der Waals surface area contributed by atoms with Crippen LogP contribution in [0.15, 0.2) is 41.0 Å². The molecule has 2 aromatic rings. The Labute approximate surface area is 208 Å². The highest BCUT2D eigenvalue weighted by molar-refractivity contribution is 6.74. The van der Waals surface area contributed by atoms with Gasteiger partial charge in [0.1, 0.15) is 18.9 Å². The number of esters is 1. The zero-order valence-electron chi connectivity index (χ0n) is 21.5. The van der Waals surface area contributed by atoms with E-state index in [0.29, 0.717) is 32.4 Å². The van der Waals surface area contributed by atoms with Gasteiger partial charge in [-0.05, 0) is 43.0 Å². The Morgan fingerprint density at radius 3 is 2.66 bits per heavy atom. The summed E-state index contributed by atoms with van der Waals surface area (Å²) in [6.07, 6.45) is 2.53. The van der Waals surface area contributed by atoms with E-state index in [0.717, 1.165) is 5.56 Å². The Morgan fingerprint density at radius 1 is 1.26 bits per heavy atom. The molecule has 8 nitrogen and oxygen atoms in total. The maximum atomic E-state index is 13.0. The standard InChI is InChI=1S/C26H38N2O6Si/c1-26(2,3)35(4,5)34-15-13-20(29)16-23-27-21(18-32-23)24(30)28-14-9-12-22(28)25(31)33-17-19-10-7-6-8-11-19/h6-8,10-11,18,20,22,29H,9,12-17H2,1-5H3/t20?,22-/m1/s1. The van der Waals surface area contributed by atoms with Gasteiger partial charge in [-0.3, -0.25) is 4.79 Å². The van der Waals surface area contributed by atoms with Crippen LogP contribution in [0.1, 0.15) is 62.0 Å². The number of nitrogens with zero attached hydrogens (tertiary/aromatic N) is 2. The molecular weight excluding hydrogens is 464 g/mol. The number of aliphatic hydroxyl groups is 1. The van der Waals surface area contributed by atoms with Crippen molar-refractivity contribution in [3.63, 3.8) is 0 Å². The quantitative estimate of drug-likeness (QED) is 0.381. The lowest BCUT2D eigenvalue weighted by Crippen LogP contribution is -2.41. The summed E-state index contributed by atoms with van der Waals surface area (Å²) in [6.45, 7) is 12.0. The molecule has 1 aromatic heterocycles. The van der Waals surface area contributed by atoms with Gasteiger partial charge in [0.25, 0.3) is 5.91 Å². The van der Waals surface area contributed by atoms with E-state index in [9.17, 15) is 14.7 Å².